The number of carboxylic acids is 1. The molecule has 2 aromatic heterocycles. The molecule has 2 rings (SSSR count). The number of carbonyl (C=O) groups excluding carboxylic acids is 3. The molecule has 0 saturated heterocycles. The number of aromatic nitrogens is 4. The van der Waals surface area contributed by atoms with E-state index < -0.39 is 47.9 Å². The number of nitrogens with one attached hydrogen (secondary N) is 5. The summed E-state index contributed by atoms with van der Waals surface area (Å²) in [5.74, 6) is -2.58. The topological polar surface area (TPSA) is 208 Å². The van der Waals surface area contributed by atoms with Gasteiger partial charge < -0.3 is 36.8 Å². The molecule has 0 saturated carbocycles. The maximum atomic E-state index is 13.3. The number of carbonyl (C=O) groups is 4. The van der Waals surface area contributed by atoms with Crippen LogP contribution in [0.1, 0.15) is 38.1 Å². The van der Waals surface area contributed by atoms with Gasteiger partial charge in [-0.2, -0.15) is 11.8 Å². The number of amides is 3. The Morgan fingerprint density at radius 1 is 0.973 bits per heavy atom. The third kappa shape index (κ3) is 9.53. The number of nitrogens with zero attached hydrogens (tertiary/aromatic N) is 2. The quantitative estimate of drug-likeness (QED) is 0.148. The van der Waals surface area contributed by atoms with E-state index >= 15 is 0 Å². The lowest BCUT2D eigenvalue weighted by atomic mass is 9.97. The summed E-state index contributed by atoms with van der Waals surface area (Å²) < 4.78 is 0. The first-order chi connectivity index (χ1) is 17.7. The lowest BCUT2D eigenvalue weighted by Gasteiger charge is -2.28. The number of thioether (sulfide) groups is 1. The third-order valence-electron chi connectivity index (χ3n) is 5.97. The van der Waals surface area contributed by atoms with Crippen molar-refractivity contribution in [3.05, 3.63) is 36.4 Å². The van der Waals surface area contributed by atoms with Crippen LogP contribution in [-0.4, -0.2) is 84.9 Å². The predicted molar refractivity (Wildman–Crippen MR) is 138 cm³/mol. The lowest BCUT2D eigenvalue weighted by Crippen LogP contribution is -2.59. The molecule has 14 heteroatoms. The highest BCUT2D eigenvalue weighted by atomic mass is 32.2. The molecule has 5 atom stereocenters. The van der Waals surface area contributed by atoms with E-state index in [4.69, 9.17) is 5.73 Å². The Hall–Kier alpha value is -3.39. The highest BCUT2D eigenvalue weighted by Crippen LogP contribution is 2.11. The van der Waals surface area contributed by atoms with E-state index in [0.29, 0.717) is 30.0 Å². The molecule has 0 aliphatic heterocycles. The first-order valence-electron chi connectivity index (χ1n) is 12.0. The Morgan fingerprint density at radius 3 is 2.03 bits per heavy atom. The molecule has 0 aliphatic rings. The van der Waals surface area contributed by atoms with Gasteiger partial charge in [-0.1, -0.05) is 20.3 Å². The van der Waals surface area contributed by atoms with E-state index in [0.717, 1.165) is 0 Å². The Balaban J connectivity index is 2.17. The van der Waals surface area contributed by atoms with Crippen molar-refractivity contribution >= 4 is 35.5 Å². The van der Waals surface area contributed by atoms with Crippen molar-refractivity contribution in [2.45, 2.75) is 63.7 Å². The highest BCUT2D eigenvalue weighted by molar-refractivity contribution is 7.98. The fraction of sp³-hybridized carbons (Fsp3) is 0.565. The molecule has 13 nitrogen and oxygen atoms in total. The summed E-state index contributed by atoms with van der Waals surface area (Å²) in [6, 6.07) is -4.09. The average molecular weight is 537 g/mol. The number of hydrogen-bond donors (Lipinski definition) is 7. The Bertz CT molecular complexity index is 1000. The molecule has 37 heavy (non-hydrogen) atoms. The van der Waals surface area contributed by atoms with E-state index in [-0.39, 0.29) is 18.8 Å². The van der Waals surface area contributed by atoms with Gasteiger partial charge in [-0.25, -0.2) is 14.8 Å². The van der Waals surface area contributed by atoms with Crippen LogP contribution in [0.3, 0.4) is 0 Å². The lowest BCUT2D eigenvalue weighted by molar-refractivity contribution is -0.142. The van der Waals surface area contributed by atoms with E-state index in [1.165, 1.54) is 25.0 Å². The summed E-state index contributed by atoms with van der Waals surface area (Å²) in [6.45, 7) is 3.63. The van der Waals surface area contributed by atoms with Crippen molar-refractivity contribution in [3.8, 4) is 0 Å². The van der Waals surface area contributed by atoms with E-state index in [1.54, 1.807) is 18.7 Å². The zero-order valence-corrected chi connectivity index (χ0v) is 22.0. The average Bonchev–Trinajstić information content (AvgIpc) is 3.58. The molecule has 2 heterocycles. The predicted octanol–water partition coefficient (Wildman–Crippen LogP) is -0.416. The van der Waals surface area contributed by atoms with Crippen LogP contribution >= 0.6 is 11.8 Å². The number of rotatable bonds is 16. The largest absolute Gasteiger partial charge is 0.480 e. The summed E-state index contributed by atoms with van der Waals surface area (Å²) in [4.78, 5) is 64.5. The van der Waals surface area contributed by atoms with Gasteiger partial charge in [0.05, 0.1) is 18.7 Å². The van der Waals surface area contributed by atoms with Gasteiger partial charge >= 0.3 is 5.97 Å². The standard InChI is InChI=1S/C23H36N8O5S/c1-4-13(2)19(22(34)30-18(23(35)36)8-15-10-26-12-28-15)31-21(33)17(7-14-9-25-11-27-14)29-20(32)16(24)5-6-37-3/h9-13,16-19H,4-8,24H2,1-3H3,(H,25,27)(H,26,28)(H,29,32)(H,30,34)(H,31,33)(H,35,36). The number of carboxylic acid groups (broad SMARTS) is 1. The molecule has 8 N–H and O–H groups in total. The van der Waals surface area contributed by atoms with Gasteiger partial charge in [0.2, 0.25) is 17.7 Å². The summed E-state index contributed by atoms with van der Waals surface area (Å²) in [7, 11) is 0. The summed E-state index contributed by atoms with van der Waals surface area (Å²) >= 11 is 1.56. The van der Waals surface area contributed by atoms with Crippen LogP contribution in [-0.2, 0) is 32.0 Å². The Kier molecular flexibility index (Phi) is 12.1. The van der Waals surface area contributed by atoms with Crippen LogP contribution < -0.4 is 21.7 Å². The molecule has 204 valence electrons. The van der Waals surface area contributed by atoms with Gasteiger partial charge in [0.1, 0.15) is 18.1 Å². The van der Waals surface area contributed by atoms with Crippen LogP contribution in [0.2, 0.25) is 0 Å². The minimum Gasteiger partial charge on any atom is -0.480 e. The second-order valence-electron chi connectivity index (χ2n) is 8.78. The van der Waals surface area contributed by atoms with Crippen LogP contribution in [0.5, 0.6) is 0 Å². The molecular weight excluding hydrogens is 500 g/mol. The Labute approximate surface area is 219 Å². The van der Waals surface area contributed by atoms with Crippen molar-refractivity contribution in [1.29, 1.82) is 0 Å². The number of hydrogen-bond acceptors (Lipinski definition) is 8. The monoisotopic (exact) mass is 536 g/mol. The van der Waals surface area contributed by atoms with Crippen molar-refractivity contribution in [2.75, 3.05) is 12.0 Å². The SMILES string of the molecule is CCC(C)C(NC(=O)C(Cc1cnc[nH]1)NC(=O)C(N)CCSC)C(=O)NC(Cc1cnc[nH]1)C(=O)O. The minimum atomic E-state index is -1.23. The van der Waals surface area contributed by atoms with Crippen molar-refractivity contribution in [2.24, 2.45) is 11.7 Å². The number of imidazole rings is 2. The maximum Gasteiger partial charge on any atom is 0.326 e. The normalized spacial score (nSPS) is 15.1. The Morgan fingerprint density at radius 2 is 1.54 bits per heavy atom. The molecule has 0 aliphatic carbocycles. The molecular formula is C23H36N8O5S. The number of nitrogens with two attached hydrogens (primary N) is 1. The van der Waals surface area contributed by atoms with Crippen molar-refractivity contribution in [1.82, 2.24) is 35.9 Å². The molecule has 0 fully saturated rings. The van der Waals surface area contributed by atoms with Crippen LogP contribution in [0, 0.1) is 5.92 Å². The molecule has 5 unspecified atom stereocenters. The second kappa shape index (κ2) is 15.0. The molecule has 0 aromatic carbocycles. The summed E-state index contributed by atoms with van der Waals surface area (Å²) in [5.41, 5.74) is 7.12. The van der Waals surface area contributed by atoms with Crippen LogP contribution in [0.4, 0.5) is 0 Å². The zero-order valence-electron chi connectivity index (χ0n) is 21.2. The molecule has 0 bridgehead atoms. The van der Waals surface area contributed by atoms with Crippen LogP contribution in [0.25, 0.3) is 0 Å². The van der Waals surface area contributed by atoms with Gasteiger partial charge in [0.25, 0.3) is 0 Å². The fourth-order valence-corrected chi connectivity index (χ4v) is 4.00. The highest BCUT2D eigenvalue weighted by Gasteiger charge is 2.33. The fourth-order valence-electron chi connectivity index (χ4n) is 3.51. The van der Waals surface area contributed by atoms with Crippen molar-refractivity contribution in [3.63, 3.8) is 0 Å². The number of aliphatic carboxylic acids is 1. The van der Waals surface area contributed by atoms with Crippen molar-refractivity contribution < 1.29 is 24.3 Å². The van der Waals surface area contributed by atoms with Gasteiger partial charge in [-0.05, 0) is 24.3 Å². The molecule has 0 radical (unpaired) electrons. The second-order valence-corrected chi connectivity index (χ2v) is 9.77. The molecule has 3 amide bonds. The first-order valence-corrected chi connectivity index (χ1v) is 13.4. The molecule has 0 spiro atoms. The van der Waals surface area contributed by atoms with E-state index in [2.05, 4.69) is 35.9 Å². The van der Waals surface area contributed by atoms with Gasteiger partial charge in [-0.3, -0.25) is 14.4 Å². The van der Waals surface area contributed by atoms with Gasteiger partial charge in [0.15, 0.2) is 0 Å². The smallest absolute Gasteiger partial charge is 0.326 e. The van der Waals surface area contributed by atoms with E-state index in [1.807, 2.05) is 13.2 Å². The summed E-state index contributed by atoms with van der Waals surface area (Å²) in [6.07, 6.45) is 8.85. The van der Waals surface area contributed by atoms with E-state index in [9.17, 15) is 24.3 Å². The van der Waals surface area contributed by atoms with Crippen LogP contribution in [0.15, 0.2) is 25.0 Å². The summed E-state index contributed by atoms with van der Waals surface area (Å²) in [5, 5.41) is 17.5. The minimum absolute atomic E-state index is 0.00527. The first kappa shape index (κ1) is 29.8. The maximum absolute atomic E-state index is 13.3. The molecule has 2 aromatic rings. The number of H-pyrrole nitrogens is 2. The number of aromatic amines is 2. The zero-order chi connectivity index (χ0) is 27.4. The van der Waals surface area contributed by atoms with Gasteiger partial charge in [-0.15, -0.1) is 0 Å². The third-order valence-corrected chi connectivity index (χ3v) is 6.61. The van der Waals surface area contributed by atoms with Gasteiger partial charge in [0, 0.05) is 36.6 Å².